The highest BCUT2D eigenvalue weighted by Crippen LogP contribution is 2.20. The van der Waals surface area contributed by atoms with Gasteiger partial charge >= 0.3 is 0 Å². The minimum atomic E-state index is 0.0000855. The number of benzene rings is 1. The van der Waals surface area contributed by atoms with Gasteiger partial charge in [0.1, 0.15) is 0 Å². The van der Waals surface area contributed by atoms with Gasteiger partial charge in [0.05, 0.1) is 23.5 Å². The highest BCUT2D eigenvalue weighted by molar-refractivity contribution is 7.99. The molecule has 136 valence electrons. The molecule has 0 aliphatic rings. The first-order valence-electron chi connectivity index (χ1n) is 8.45. The van der Waals surface area contributed by atoms with Gasteiger partial charge < -0.3 is 10.6 Å². The summed E-state index contributed by atoms with van der Waals surface area (Å²) in [5.41, 5.74) is 2.23. The van der Waals surface area contributed by atoms with Crippen LogP contribution in [0.15, 0.2) is 29.4 Å². The van der Waals surface area contributed by atoms with E-state index in [9.17, 15) is 4.79 Å². The largest absolute Gasteiger partial charge is 0.355 e. The summed E-state index contributed by atoms with van der Waals surface area (Å²) in [5.74, 6) is 0.301. The van der Waals surface area contributed by atoms with Gasteiger partial charge in [0.25, 0.3) is 0 Å². The molecular formula is C17H27N6OS+. The van der Waals surface area contributed by atoms with Gasteiger partial charge in [0.2, 0.25) is 11.1 Å². The van der Waals surface area contributed by atoms with E-state index in [0.29, 0.717) is 17.5 Å². The molecular weight excluding hydrogens is 336 g/mol. The van der Waals surface area contributed by atoms with Gasteiger partial charge in [-0.05, 0) is 49.8 Å². The lowest BCUT2D eigenvalue weighted by Crippen LogP contribution is -2.94. The van der Waals surface area contributed by atoms with Gasteiger partial charge in [-0.15, -0.1) is 5.10 Å². The standard InChI is InChI=1S/C17H26N6OS/c1-13-8-5-6-9-14(13)23-16(20-21-22-23)25-12-15(24)18-10-7-11-19-17(2,3)4/h5-6,8-9,19H,7,10-12H2,1-4H3,(H,18,24)/p+1. The maximum atomic E-state index is 12.0. The molecule has 0 aliphatic carbocycles. The number of nitrogens with one attached hydrogen (secondary N) is 1. The molecule has 0 saturated carbocycles. The molecule has 25 heavy (non-hydrogen) atoms. The van der Waals surface area contributed by atoms with E-state index in [1.165, 1.54) is 11.8 Å². The van der Waals surface area contributed by atoms with Crippen LogP contribution in [-0.2, 0) is 4.79 Å². The number of hydrogen-bond donors (Lipinski definition) is 2. The van der Waals surface area contributed by atoms with Crippen LogP contribution in [0.5, 0.6) is 0 Å². The molecule has 2 aromatic rings. The number of amides is 1. The van der Waals surface area contributed by atoms with E-state index >= 15 is 0 Å². The third kappa shape index (κ3) is 6.47. The van der Waals surface area contributed by atoms with Crippen LogP contribution in [0.2, 0.25) is 0 Å². The average Bonchev–Trinajstić information content (AvgIpc) is 3.00. The molecule has 0 saturated heterocycles. The lowest BCUT2D eigenvalue weighted by atomic mass is 10.1. The van der Waals surface area contributed by atoms with Gasteiger partial charge in [-0.25, -0.2) is 0 Å². The van der Waals surface area contributed by atoms with Crippen LogP contribution >= 0.6 is 11.8 Å². The number of aryl methyl sites for hydroxylation is 1. The summed E-state index contributed by atoms with van der Waals surface area (Å²) in [4.78, 5) is 12.0. The average molecular weight is 364 g/mol. The molecule has 0 unspecified atom stereocenters. The number of carbonyl (C=O) groups is 1. The molecule has 0 spiro atoms. The molecule has 0 bridgehead atoms. The van der Waals surface area contributed by atoms with Crippen LogP contribution in [-0.4, -0.2) is 50.5 Å². The first kappa shape index (κ1) is 19.4. The van der Waals surface area contributed by atoms with Crippen LogP contribution < -0.4 is 10.6 Å². The monoisotopic (exact) mass is 363 g/mol. The predicted molar refractivity (Wildman–Crippen MR) is 98.8 cm³/mol. The first-order chi connectivity index (χ1) is 11.9. The number of hydrogen-bond acceptors (Lipinski definition) is 5. The second kappa shape index (κ2) is 8.96. The lowest BCUT2D eigenvalue weighted by Gasteiger charge is -2.16. The van der Waals surface area contributed by atoms with E-state index in [1.54, 1.807) is 4.68 Å². The molecule has 1 aromatic carbocycles. The number of aromatic nitrogens is 4. The topological polar surface area (TPSA) is 89.3 Å². The fourth-order valence-corrected chi connectivity index (χ4v) is 2.98. The minimum Gasteiger partial charge on any atom is -0.355 e. The SMILES string of the molecule is Cc1ccccc1-n1nnnc1SCC(=O)NCCC[NH2+]C(C)(C)C. The Balaban J connectivity index is 1.78. The third-order valence-electron chi connectivity index (χ3n) is 3.58. The number of carbonyl (C=O) groups excluding carboxylic acids is 1. The molecule has 7 nitrogen and oxygen atoms in total. The van der Waals surface area contributed by atoms with Crippen molar-refractivity contribution in [2.45, 2.75) is 44.8 Å². The second-order valence-corrected chi connectivity index (χ2v) is 7.95. The fraction of sp³-hybridized carbons (Fsp3) is 0.529. The first-order valence-corrected chi connectivity index (χ1v) is 9.43. The third-order valence-corrected chi connectivity index (χ3v) is 4.50. The summed E-state index contributed by atoms with van der Waals surface area (Å²) < 4.78 is 1.67. The van der Waals surface area contributed by atoms with Gasteiger partial charge in [0.15, 0.2) is 0 Å². The lowest BCUT2D eigenvalue weighted by molar-refractivity contribution is -0.717. The van der Waals surface area contributed by atoms with Crippen molar-refractivity contribution in [2.24, 2.45) is 0 Å². The summed E-state index contributed by atoms with van der Waals surface area (Å²) in [6, 6.07) is 7.88. The zero-order valence-electron chi connectivity index (χ0n) is 15.3. The Hall–Kier alpha value is -1.93. The van der Waals surface area contributed by atoms with Crippen molar-refractivity contribution in [3.63, 3.8) is 0 Å². The number of nitrogens with two attached hydrogens (primary N) is 1. The van der Waals surface area contributed by atoms with Gasteiger partial charge in [-0.3, -0.25) is 4.79 Å². The van der Waals surface area contributed by atoms with Gasteiger partial charge in [0, 0.05) is 13.0 Å². The molecule has 2 rings (SSSR count). The normalized spacial score (nSPS) is 11.5. The fourth-order valence-electron chi connectivity index (χ4n) is 2.27. The van der Waals surface area contributed by atoms with Crippen LogP contribution in [0, 0.1) is 6.92 Å². The van der Waals surface area contributed by atoms with Crippen molar-refractivity contribution in [1.82, 2.24) is 25.5 Å². The van der Waals surface area contributed by atoms with Crippen molar-refractivity contribution < 1.29 is 10.1 Å². The Kier molecular flexibility index (Phi) is 6.95. The molecule has 0 atom stereocenters. The highest BCUT2D eigenvalue weighted by atomic mass is 32.2. The van der Waals surface area contributed by atoms with Gasteiger partial charge in [-0.1, -0.05) is 30.0 Å². The van der Waals surface area contributed by atoms with Gasteiger partial charge in [-0.2, -0.15) is 4.68 Å². The maximum absolute atomic E-state index is 12.0. The summed E-state index contributed by atoms with van der Waals surface area (Å²) in [7, 11) is 0. The molecule has 0 radical (unpaired) electrons. The van der Waals surface area contributed by atoms with Crippen LogP contribution in [0.4, 0.5) is 0 Å². The summed E-state index contributed by atoms with van der Waals surface area (Å²) >= 11 is 1.34. The molecule has 1 aromatic heterocycles. The number of nitrogens with zero attached hydrogens (tertiary/aromatic N) is 4. The highest BCUT2D eigenvalue weighted by Gasteiger charge is 2.13. The Morgan fingerprint density at radius 1 is 1.32 bits per heavy atom. The van der Waals surface area contributed by atoms with E-state index < -0.39 is 0 Å². The van der Waals surface area contributed by atoms with Crippen molar-refractivity contribution >= 4 is 17.7 Å². The Bertz CT molecular complexity index is 694. The number of para-hydroxylation sites is 1. The van der Waals surface area contributed by atoms with E-state index in [2.05, 4.69) is 46.9 Å². The molecule has 0 fully saturated rings. The van der Waals surface area contributed by atoms with Crippen molar-refractivity contribution in [3.8, 4) is 5.69 Å². The van der Waals surface area contributed by atoms with Crippen LogP contribution in [0.3, 0.4) is 0 Å². The molecule has 1 amide bonds. The molecule has 1 heterocycles. The molecule has 8 heteroatoms. The van der Waals surface area contributed by atoms with Crippen molar-refractivity contribution in [1.29, 1.82) is 0 Å². The minimum absolute atomic E-state index is 0.0000855. The van der Waals surface area contributed by atoms with E-state index in [0.717, 1.165) is 24.2 Å². The smallest absolute Gasteiger partial charge is 0.230 e. The summed E-state index contributed by atoms with van der Waals surface area (Å²) in [6.45, 7) is 10.2. The zero-order chi connectivity index (χ0) is 18.3. The van der Waals surface area contributed by atoms with Crippen molar-refractivity contribution in [2.75, 3.05) is 18.8 Å². The zero-order valence-corrected chi connectivity index (χ0v) is 16.1. The summed E-state index contributed by atoms with van der Waals surface area (Å²) in [5, 5.41) is 17.6. The van der Waals surface area contributed by atoms with Crippen LogP contribution in [0.25, 0.3) is 5.69 Å². The van der Waals surface area contributed by atoms with E-state index in [4.69, 9.17) is 0 Å². The van der Waals surface area contributed by atoms with Crippen molar-refractivity contribution in [3.05, 3.63) is 29.8 Å². The van der Waals surface area contributed by atoms with E-state index in [-0.39, 0.29) is 11.4 Å². The van der Waals surface area contributed by atoms with E-state index in [1.807, 2.05) is 31.2 Å². The maximum Gasteiger partial charge on any atom is 0.230 e. The molecule has 3 N–H and O–H groups in total. The Morgan fingerprint density at radius 3 is 2.80 bits per heavy atom. The molecule has 0 aliphatic heterocycles. The number of quaternary nitrogens is 1. The van der Waals surface area contributed by atoms with Crippen LogP contribution in [0.1, 0.15) is 32.8 Å². The quantitative estimate of drug-likeness (QED) is 0.538. The second-order valence-electron chi connectivity index (χ2n) is 7.01. The Morgan fingerprint density at radius 2 is 2.08 bits per heavy atom. The Labute approximate surface area is 153 Å². The summed E-state index contributed by atoms with van der Waals surface area (Å²) in [6.07, 6.45) is 0.953. The predicted octanol–water partition coefficient (Wildman–Crippen LogP) is 0.931. The number of tetrazole rings is 1. The number of rotatable bonds is 8. The number of thioether (sulfide) groups is 1.